The van der Waals surface area contributed by atoms with Gasteiger partial charge in [-0.1, -0.05) is 42.0 Å². The second kappa shape index (κ2) is 11.5. The summed E-state index contributed by atoms with van der Waals surface area (Å²) in [6.07, 6.45) is 3.77. The zero-order valence-electron chi connectivity index (χ0n) is 16.6. The van der Waals surface area contributed by atoms with Crippen LogP contribution in [-0.2, 0) is 9.53 Å². The number of hydrogen-bond acceptors (Lipinski definition) is 3. The van der Waals surface area contributed by atoms with Crippen LogP contribution < -0.4 is 22.6 Å². The average Bonchev–Trinajstić information content (AvgIpc) is 2.72. The van der Waals surface area contributed by atoms with Crippen molar-refractivity contribution in [3.8, 4) is 0 Å². The molecule has 2 aromatic rings. The van der Waals surface area contributed by atoms with Gasteiger partial charge in [0.2, 0.25) is 5.91 Å². The molecule has 0 aliphatic carbocycles. The number of nitrogens with one attached hydrogen (secondary N) is 2. The molecule has 0 aromatic heterocycles. The Labute approximate surface area is 178 Å². The van der Waals surface area contributed by atoms with Gasteiger partial charge in [0.05, 0.1) is 26.2 Å². The Bertz CT molecular complexity index is 843. The number of carbonyl (C=O) groups is 2. The molecular weight excluding hydrogens is 388 g/mol. The Hall–Kier alpha value is -2.47. The van der Waals surface area contributed by atoms with Gasteiger partial charge in [-0.2, -0.15) is 0 Å². The lowest BCUT2D eigenvalue weighted by atomic mass is 10.1. The largest absolute Gasteiger partial charge is 1.00 e. The van der Waals surface area contributed by atoms with Gasteiger partial charge in [-0.3, -0.25) is 9.59 Å². The molecule has 154 valence electrons. The Morgan fingerprint density at radius 3 is 2.55 bits per heavy atom. The van der Waals surface area contributed by atoms with E-state index in [0.29, 0.717) is 17.7 Å². The van der Waals surface area contributed by atoms with Crippen molar-refractivity contribution in [1.82, 2.24) is 0 Å². The number of amides is 1. The first-order valence-corrected chi connectivity index (χ1v) is 9.70. The third-order valence-electron chi connectivity index (χ3n) is 4.86. The molecule has 2 aromatic carbocycles. The van der Waals surface area contributed by atoms with Crippen LogP contribution in [0.5, 0.6) is 0 Å². The van der Waals surface area contributed by atoms with Gasteiger partial charge in [0, 0.05) is 17.3 Å². The van der Waals surface area contributed by atoms with Crippen molar-refractivity contribution in [3.63, 3.8) is 0 Å². The van der Waals surface area contributed by atoms with Crippen LogP contribution >= 0.6 is 0 Å². The van der Waals surface area contributed by atoms with Gasteiger partial charge in [0.25, 0.3) is 0 Å². The summed E-state index contributed by atoms with van der Waals surface area (Å²) in [6, 6.07) is 15.1. The van der Waals surface area contributed by atoms with Gasteiger partial charge in [-0.15, -0.1) is 0 Å². The summed E-state index contributed by atoms with van der Waals surface area (Å²) in [5.41, 5.74) is 3.41. The van der Waals surface area contributed by atoms with E-state index in [1.807, 2.05) is 31.2 Å². The van der Waals surface area contributed by atoms with Crippen LogP contribution in [0.2, 0.25) is 0 Å². The third kappa shape index (κ3) is 7.46. The van der Waals surface area contributed by atoms with Gasteiger partial charge >= 0.3 is 0 Å². The number of anilines is 1. The lowest BCUT2D eigenvalue weighted by molar-refractivity contribution is -0.907. The minimum atomic E-state index is -0.220. The van der Waals surface area contributed by atoms with Gasteiger partial charge in [-0.25, -0.2) is 0 Å². The van der Waals surface area contributed by atoms with Gasteiger partial charge in [0.1, 0.15) is 13.1 Å². The van der Waals surface area contributed by atoms with E-state index in [9.17, 15) is 9.59 Å². The summed E-state index contributed by atoms with van der Waals surface area (Å²) >= 11 is 0. The Morgan fingerprint density at radius 2 is 1.83 bits per heavy atom. The van der Waals surface area contributed by atoms with Crippen molar-refractivity contribution in [2.75, 3.05) is 38.2 Å². The molecule has 3 rings (SSSR count). The maximum Gasteiger partial charge on any atom is 0.248 e. The molecule has 1 heterocycles. The second-order valence-corrected chi connectivity index (χ2v) is 7.10. The summed E-state index contributed by atoms with van der Waals surface area (Å²) < 4.78 is 5.35. The normalized spacial score (nSPS) is 14.4. The number of morpholine rings is 1. The van der Waals surface area contributed by atoms with Crippen molar-refractivity contribution in [3.05, 3.63) is 71.3 Å². The number of aryl methyl sites for hydroxylation is 1. The van der Waals surface area contributed by atoms with Crippen LogP contribution in [0.25, 0.3) is 6.08 Å². The van der Waals surface area contributed by atoms with Crippen molar-refractivity contribution in [2.24, 2.45) is 0 Å². The molecular formula is C23H27ClN2O3. The van der Waals surface area contributed by atoms with Crippen LogP contribution in [0, 0.1) is 6.92 Å². The van der Waals surface area contributed by atoms with Crippen molar-refractivity contribution in [2.45, 2.75) is 13.3 Å². The fourth-order valence-electron chi connectivity index (χ4n) is 3.15. The molecule has 29 heavy (non-hydrogen) atoms. The molecule has 1 aliphatic heterocycles. The lowest BCUT2D eigenvalue weighted by Gasteiger charge is -2.23. The van der Waals surface area contributed by atoms with E-state index in [2.05, 4.69) is 5.32 Å². The van der Waals surface area contributed by atoms with Crippen LogP contribution in [0.4, 0.5) is 5.69 Å². The van der Waals surface area contributed by atoms with Crippen molar-refractivity contribution in [1.29, 1.82) is 0 Å². The zero-order chi connectivity index (χ0) is 19.8. The first kappa shape index (κ1) is 22.8. The first-order valence-electron chi connectivity index (χ1n) is 9.70. The molecule has 0 saturated carbocycles. The van der Waals surface area contributed by atoms with Crippen LogP contribution in [0.15, 0.2) is 54.6 Å². The minimum Gasteiger partial charge on any atom is -1.00 e. The highest BCUT2D eigenvalue weighted by Crippen LogP contribution is 2.13. The van der Waals surface area contributed by atoms with E-state index in [0.717, 1.165) is 38.4 Å². The molecule has 0 bridgehead atoms. The molecule has 0 atom stereocenters. The highest BCUT2D eigenvalue weighted by Gasteiger charge is 2.16. The number of ether oxygens (including phenoxy) is 1. The highest BCUT2D eigenvalue weighted by molar-refractivity contribution is 6.03. The minimum absolute atomic E-state index is 0. The number of carbonyl (C=O) groups excluding carboxylic acids is 2. The molecule has 1 aliphatic rings. The SMILES string of the molecule is Cc1ccc(/C=C/C(=O)Nc2cccc(C(=O)CC[NH+]3CCOCC3)c2)cc1.[Cl-]. The molecule has 0 radical (unpaired) electrons. The molecule has 5 nitrogen and oxygen atoms in total. The standard InChI is InChI=1S/C23H26N2O3.ClH/c1-18-5-7-19(8-6-18)9-10-23(27)24-21-4-2-3-20(17-21)22(26)11-12-25-13-15-28-16-14-25;/h2-10,17H,11-16H2,1H3,(H,24,27);1H/b10-9+;. The number of quaternary nitrogens is 1. The third-order valence-corrected chi connectivity index (χ3v) is 4.86. The second-order valence-electron chi connectivity index (χ2n) is 7.10. The number of rotatable bonds is 7. The number of benzene rings is 2. The van der Waals surface area contributed by atoms with Crippen LogP contribution in [0.1, 0.15) is 27.9 Å². The van der Waals surface area contributed by atoms with E-state index in [1.165, 1.54) is 16.5 Å². The number of halogens is 1. The number of ketones is 1. The van der Waals surface area contributed by atoms with E-state index in [1.54, 1.807) is 30.3 Å². The maximum absolute atomic E-state index is 12.5. The topological polar surface area (TPSA) is 59.8 Å². The fourth-order valence-corrected chi connectivity index (χ4v) is 3.15. The number of hydrogen-bond donors (Lipinski definition) is 2. The zero-order valence-corrected chi connectivity index (χ0v) is 17.4. The molecule has 0 spiro atoms. The van der Waals surface area contributed by atoms with Crippen molar-refractivity contribution >= 4 is 23.5 Å². The Balaban J connectivity index is 0.00000300. The molecule has 0 unspecified atom stereocenters. The van der Waals surface area contributed by atoms with Gasteiger partial charge in [0.15, 0.2) is 5.78 Å². The predicted molar refractivity (Wildman–Crippen MR) is 111 cm³/mol. The average molecular weight is 415 g/mol. The summed E-state index contributed by atoms with van der Waals surface area (Å²) in [7, 11) is 0. The van der Waals surface area contributed by atoms with Crippen LogP contribution in [0.3, 0.4) is 0 Å². The van der Waals surface area contributed by atoms with E-state index in [-0.39, 0.29) is 24.1 Å². The summed E-state index contributed by atoms with van der Waals surface area (Å²) in [6.45, 7) is 6.28. The predicted octanol–water partition coefficient (Wildman–Crippen LogP) is -0.861. The summed E-state index contributed by atoms with van der Waals surface area (Å²) in [5, 5.41) is 2.82. The maximum atomic E-state index is 12.5. The summed E-state index contributed by atoms with van der Waals surface area (Å²) in [4.78, 5) is 26.1. The fraction of sp³-hybridized carbons (Fsp3) is 0.304. The van der Waals surface area contributed by atoms with E-state index >= 15 is 0 Å². The van der Waals surface area contributed by atoms with E-state index in [4.69, 9.17) is 4.74 Å². The smallest absolute Gasteiger partial charge is 0.248 e. The number of Topliss-reactive ketones (excluding diaryl/α,β-unsaturated/α-hetero) is 1. The molecule has 1 fully saturated rings. The Morgan fingerprint density at radius 1 is 1.10 bits per heavy atom. The lowest BCUT2D eigenvalue weighted by Crippen LogP contribution is -3.14. The molecule has 1 saturated heterocycles. The van der Waals surface area contributed by atoms with E-state index < -0.39 is 0 Å². The highest BCUT2D eigenvalue weighted by atomic mass is 35.5. The molecule has 1 amide bonds. The van der Waals surface area contributed by atoms with Gasteiger partial charge in [-0.05, 0) is 30.7 Å². The van der Waals surface area contributed by atoms with Gasteiger partial charge < -0.3 is 27.4 Å². The van der Waals surface area contributed by atoms with Crippen LogP contribution in [-0.4, -0.2) is 44.5 Å². The van der Waals surface area contributed by atoms with Crippen molar-refractivity contribution < 1.29 is 31.6 Å². The first-order chi connectivity index (χ1) is 13.6. The molecule has 2 N–H and O–H groups in total. The Kier molecular flexibility index (Phi) is 9.06. The monoisotopic (exact) mass is 414 g/mol. The molecule has 6 heteroatoms. The quantitative estimate of drug-likeness (QED) is 0.458. The summed E-state index contributed by atoms with van der Waals surface area (Å²) in [5.74, 6) is -0.117.